The van der Waals surface area contributed by atoms with Gasteiger partial charge in [-0.2, -0.15) is 0 Å². The third-order valence-corrected chi connectivity index (χ3v) is 3.91. The molecule has 0 atom stereocenters. The molecule has 7 nitrogen and oxygen atoms in total. The highest BCUT2D eigenvalue weighted by Gasteiger charge is 2.14. The second-order valence-corrected chi connectivity index (χ2v) is 6.55. The number of amides is 2. The first-order valence-electron chi connectivity index (χ1n) is 9.24. The molecule has 2 amide bonds. The van der Waals surface area contributed by atoms with Crippen LogP contribution in [-0.4, -0.2) is 27.9 Å². The minimum atomic E-state index is -0.381. The molecule has 0 aliphatic rings. The Bertz CT molecular complexity index is 990. The molecule has 2 aromatic heterocycles. The van der Waals surface area contributed by atoms with Crippen molar-refractivity contribution < 1.29 is 14.3 Å². The molecular weight excluding hydrogens is 368 g/mol. The Labute approximate surface area is 169 Å². The molecule has 3 rings (SSSR count). The molecule has 2 heterocycles. The average molecular weight is 390 g/mol. The van der Waals surface area contributed by atoms with Crippen molar-refractivity contribution in [2.75, 3.05) is 5.32 Å². The number of nitrogens with zero attached hydrogens (tertiary/aromatic N) is 2. The van der Waals surface area contributed by atoms with E-state index in [0.29, 0.717) is 17.0 Å². The van der Waals surface area contributed by atoms with Gasteiger partial charge >= 0.3 is 0 Å². The molecule has 0 bridgehead atoms. The highest BCUT2D eigenvalue weighted by atomic mass is 16.5. The summed E-state index contributed by atoms with van der Waals surface area (Å²) in [5.41, 5.74) is 1.77. The molecule has 0 spiro atoms. The van der Waals surface area contributed by atoms with Crippen LogP contribution in [0.1, 0.15) is 40.4 Å². The molecule has 3 aromatic rings. The number of pyridine rings is 2. The zero-order valence-electron chi connectivity index (χ0n) is 16.3. The predicted octanol–water partition coefficient (Wildman–Crippen LogP) is 3.45. The Kier molecular flexibility index (Phi) is 6.52. The van der Waals surface area contributed by atoms with Gasteiger partial charge in [0, 0.05) is 18.0 Å². The van der Waals surface area contributed by atoms with E-state index < -0.39 is 0 Å². The molecule has 0 saturated heterocycles. The lowest BCUT2D eigenvalue weighted by atomic mass is 10.2. The lowest BCUT2D eigenvalue weighted by Crippen LogP contribution is -2.25. The van der Waals surface area contributed by atoms with Gasteiger partial charge in [0.05, 0.1) is 24.0 Å². The molecule has 0 aliphatic heterocycles. The van der Waals surface area contributed by atoms with Gasteiger partial charge in [0.25, 0.3) is 11.8 Å². The van der Waals surface area contributed by atoms with Crippen molar-refractivity contribution in [3.63, 3.8) is 0 Å². The van der Waals surface area contributed by atoms with Crippen molar-refractivity contribution in [3.05, 3.63) is 83.9 Å². The Morgan fingerprint density at radius 1 is 0.966 bits per heavy atom. The summed E-state index contributed by atoms with van der Waals surface area (Å²) < 4.78 is 5.72. The van der Waals surface area contributed by atoms with E-state index in [0.717, 1.165) is 5.69 Å². The van der Waals surface area contributed by atoms with E-state index in [-0.39, 0.29) is 30.2 Å². The number of benzene rings is 1. The van der Waals surface area contributed by atoms with Crippen LogP contribution in [0.2, 0.25) is 0 Å². The number of rotatable bonds is 7. The van der Waals surface area contributed by atoms with Crippen LogP contribution in [0.5, 0.6) is 5.75 Å². The van der Waals surface area contributed by atoms with E-state index in [2.05, 4.69) is 20.6 Å². The first kappa shape index (κ1) is 20.0. The van der Waals surface area contributed by atoms with Crippen molar-refractivity contribution in [1.82, 2.24) is 15.3 Å². The summed E-state index contributed by atoms with van der Waals surface area (Å²) in [4.78, 5) is 33.3. The third kappa shape index (κ3) is 5.62. The summed E-state index contributed by atoms with van der Waals surface area (Å²) in [7, 11) is 0. The minimum Gasteiger partial charge on any atom is -0.489 e. The summed E-state index contributed by atoms with van der Waals surface area (Å²) in [6.45, 7) is 4.10. The molecule has 0 radical (unpaired) electrons. The maximum absolute atomic E-state index is 12.7. The molecule has 2 N–H and O–H groups in total. The summed E-state index contributed by atoms with van der Waals surface area (Å²) in [5, 5.41) is 5.57. The van der Waals surface area contributed by atoms with Crippen molar-refractivity contribution in [2.45, 2.75) is 26.5 Å². The maximum Gasteiger partial charge on any atom is 0.270 e. The van der Waals surface area contributed by atoms with Crippen molar-refractivity contribution >= 4 is 17.5 Å². The van der Waals surface area contributed by atoms with Crippen molar-refractivity contribution in [1.29, 1.82) is 0 Å². The number of hydrogen-bond acceptors (Lipinski definition) is 5. The van der Waals surface area contributed by atoms with E-state index in [4.69, 9.17) is 4.74 Å². The fourth-order valence-corrected chi connectivity index (χ4v) is 2.58. The highest BCUT2D eigenvalue weighted by molar-refractivity contribution is 6.06. The van der Waals surface area contributed by atoms with Crippen LogP contribution in [0.15, 0.2) is 67.0 Å². The van der Waals surface area contributed by atoms with Crippen LogP contribution >= 0.6 is 0 Å². The van der Waals surface area contributed by atoms with Gasteiger partial charge in [-0.15, -0.1) is 0 Å². The number of ether oxygens (including phenoxy) is 1. The monoisotopic (exact) mass is 390 g/mol. The van der Waals surface area contributed by atoms with E-state index in [1.807, 2.05) is 38.1 Å². The Morgan fingerprint density at radius 3 is 2.52 bits per heavy atom. The Hall–Kier alpha value is -3.74. The van der Waals surface area contributed by atoms with E-state index in [9.17, 15) is 9.59 Å². The zero-order valence-corrected chi connectivity index (χ0v) is 16.3. The number of nitrogens with one attached hydrogen (secondary N) is 2. The normalized spacial score (nSPS) is 10.4. The van der Waals surface area contributed by atoms with E-state index in [1.54, 1.807) is 30.5 Å². The lowest BCUT2D eigenvalue weighted by Gasteiger charge is -2.15. The van der Waals surface area contributed by atoms with Crippen molar-refractivity contribution in [2.24, 2.45) is 0 Å². The fraction of sp³-hybridized carbons (Fsp3) is 0.182. The smallest absolute Gasteiger partial charge is 0.270 e. The third-order valence-electron chi connectivity index (χ3n) is 3.91. The molecule has 29 heavy (non-hydrogen) atoms. The van der Waals surface area contributed by atoms with Gasteiger partial charge < -0.3 is 15.4 Å². The number of aromatic nitrogens is 2. The summed E-state index contributed by atoms with van der Waals surface area (Å²) in [6.07, 6.45) is 3.07. The molecule has 0 unspecified atom stereocenters. The number of carbonyl (C=O) groups excluding carboxylic acids is 2. The lowest BCUT2D eigenvalue weighted by molar-refractivity contribution is 0.0945. The second kappa shape index (κ2) is 9.45. The maximum atomic E-state index is 12.7. The quantitative estimate of drug-likeness (QED) is 0.645. The first-order valence-corrected chi connectivity index (χ1v) is 9.24. The molecule has 0 saturated carbocycles. The number of anilines is 1. The van der Waals surface area contributed by atoms with Crippen LogP contribution < -0.4 is 15.4 Å². The van der Waals surface area contributed by atoms with E-state index >= 15 is 0 Å². The molecule has 7 heteroatoms. The Balaban J connectivity index is 1.69. The van der Waals surface area contributed by atoms with Crippen LogP contribution in [-0.2, 0) is 6.54 Å². The van der Waals surface area contributed by atoms with Crippen LogP contribution in [0.4, 0.5) is 5.69 Å². The van der Waals surface area contributed by atoms with Gasteiger partial charge in [0.15, 0.2) is 0 Å². The molecule has 0 aliphatic carbocycles. The van der Waals surface area contributed by atoms with Gasteiger partial charge in [0.2, 0.25) is 0 Å². The Morgan fingerprint density at radius 2 is 1.76 bits per heavy atom. The van der Waals surface area contributed by atoms with Crippen molar-refractivity contribution in [3.8, 4) is 5.75 Å². The van der Waals surface area contributed by atoms with Gasteiger partial charge in [-0.1, -0.05) is 18.2 Å². The number of hydrogen-bond donors (Lipinski definition) is 2. The largest absolute Gasteiger partial charge is 0.489 e. The number of para-hydroxylation sites is 2. The van der Waals surface area contributed by atoms with Crippen LogP contribution in [0.25, 0.3) is 0 Å². The topological polar surface area (TPSA) is 93.2 Å². The summed E-state index contributed by atoms with van der Waals surface area (Å²) in [6, 6.07) is 15.7. The van der Waals surface area contributed by atoms with Gasteiger partial charge in [-0.3, -0.25) is 19.6 Å². The summed E-state index contributed by atoms with van der Waals surface area (Å²) >= 11 is 0. The van der Waals surface area contributed by atoms with Crippen LogP contribution in [0, 0.1) is 0 Å². The number of carbonyl (C=O) groups is 2. The van der Waals surface area contributed by atoms with E-state index in [1.165, 1.54) is 12.3 Å². The average Bonchev–Trinajstić information content (AvgIpc) is 2.74. The standard InChI is InChI=1S/C22H22N4O3/c1-15(2)29-20-9-4-3-8-18(20)26-21(27)16-10-12-24-19(13-16)22(28)25-14-17-7-5-6-11-23-17/h3-13,15H,14H2,1-2H3,(H,25,28)(H,26,27). The van der Waals surface area contributed by atoms with Gasteiger partial charge in [-0.25, -0.2) is 0 Å². The van der Waals surface area contributed by atoms with Gasteiger partial charge in [0.1, 0.15) is 11.4 Å². The molecule has 148 valence electrons. The minimum absolute atomic E-state index is 0.0246. The highest BCUT2D eigenvalue weighted by Crippen LogP contribution is 2.25. The summed E-state index contributed by atoms with van der Waals surface area (Å²) in [5.74, 6) is -0.155. The molecule has 1 aromatic carbocycles. The first-order chi connectivity index (χ1) is 14.0. The fourth-order valence-electron chi connectivity index (χ4n) is 2.58. The zero-order chi connectivity index (χ0) is 20.6. The predicted molar refractivity (Wildman–Crippen MR) is 110 cm³/mol. The molecular formula is C22H22N4O3. The second-order valence-electron chi connectivity index (χ2n) is 6.55. The van der Waals surface area contributed by atoms with Crippen LogP contribution in [0.3, 0.4) is 0 Å². The molecule has 0 fully saturated rings. The van der Waals surface area contributed by atoms with Gasteiger partial charge in [-0.05, 0) is 50.2 Å². The SMILES string of the molecule is CC(C)Oc1ccccc1NC(=O)c1ccnc(C(=O)NCc2ccccn2)c1.